The summed E-state index contributed by atoms with van der Waals surface area (Å²) >= 11 is 2.45. The Labute approximate surface area is 101 Å². The second kappa shape index (κ2) is 4.56. The van der Waals surface area contributed by atoms with Crippen LogP contribution in [0.25, 0.3) is 6.08 Å². The Morgan fingerprint density at radius 1 is 1.50 bits per heavy atom. The lowest BCUT2D eigenvalue weighted by molar-refractivity contribution is -0.122. The van der Waals surface area contributed by atoms with Gasteiger partial charge in [0.25, 0.3) is 11.1 Å². The van der Waals surface area contributed by atoms with Crippen LogP contribution >= 0.6 is 23.1 Å². The van der Waals surface area contributed by atoms with Crippen LogP contribution in [0.5, 0.6) is 0 Å². The fraction of sp³-hybridized carbons (Fsp3) is 0.0909. The van der Waals surface area contributed by atoms with E-state index < -0.39 is 0 Å². The molecule has 3 nitrogen and oxygen atoms in total. The summed E-state index contributed by atoms with van der Waals surface area (Å²) in [6.45, 7) is 0.0342. The van der Waals surface area contributed by atoms with E-state index in [9.17, 15) is 9.59 Å². The molecule has 1 saturated heterocycles. The lowest BCUT2D eigenvalue weighted by Crippen LogP contribution is -2.28. The van der Waals surface area contributed by atoms with Crippen LogP contribution in [0.2, 0.25) is 0 Å². The quantitative estimate of drug-likeness (QED) is 0.596. The van der Waals surface area contributed by atoms with E-state index in [-0.39, 0.29) is 17.7 Å². The van der Waals surface area contributed by atoms with E-state index in [4.69, 9.17) is 6.42 Å². The van der Waals surface area contributed by atoms with Gasteiger partial charge in [-0.1, -0.05) is 12.0 Å². The lowest BCUT2D eigenvalue weighted by Gasteiger charge is -2.06. The Morgan fingerprint density at radius 2 is 2.31 bits per heavy atom. The number of thiophene rings is 1. The minimum absolute atomic E-state index is 0.0342. The number of amides is 2. The molecule has 0 atom stereocenters. The van der Waals surface area contributed by atoms with E-state index in [1.54, 1.807) is 6.08 Å². The fourth-order valence-corrected chi connectivity index (χ4v) is 2.79. The van der Waals surface area contributed by atoms with Gasteiger partial charge in [-0.15, -0.1) is 17.8 Å². The maximum Gasteiger partial charge on any atom is 0.294 e. The van der Waals surface area contributed by atoms with E-state index >= 15 is 0 Å². The van der Waals surface area contributed by atoms with Crippen molar-refractivity contribution >= 4 is 40.3 Å². The number of hydrogen-bond donors (Lipinski definition) is 0. The minimum atomic E-state index is -0.304. The third-order valence-electron chi connectivity index (χ3n) is 1.94. The lowest BCUT2D eigenvalue weighted by atomic mass is 10.4. The Kier molecular flexibility index (Phi) is 3.13. The van der Waals surface area contributed by atoms with Gasteiger partial charge in [-0.25, -0.2) is 0 Å². The summed E-state index contributed by atoms with van der Waals surface area (Å²) in [4.78, 5) is 25.7. The number of carbonyl (C=O) groups excluding carboxylic acids is 2. The Bertz CT molecular complexity index is 497. The molecule has 1 aromatic heterocycles. The van der Waals surface area contributed by atoms with Gasteiger partial charge in [-0.2, -0.15) is 0 Å². The second-order valence-electron chi connectivity index (χ2n) is 2.99. The van der Waals surface area contributed by atoms with E-state index in [0.29, 0.717) is 4.91 Å². The summed E-state index contributed by atoms with van der Waals surface area (Å²) in [7, 11) is 0. The van der Waals surface area contributed by atoms with E-state index in [1.807, 2.05) is 17.5 Å². The van der Waals surface area contributed by atoms with Crippen LogP contribution in [0.3, 0.4) is 0 Å². The maximum absolute atomic E-state index is 11.8. The monoisotopic (exact) mass is 249 g/mol. The van der Waals surface area contributed by atoms with Crippen LogP contribution in [0, 0.1) is 12.3 Å². The molecule has 0 radical (unpaired) electrons. The molecule has 0 aromatic carbocycles. The number of carbonyl (C=O) groups is 2. The smallest absolute Gasteiger partial charge is 0.268 e. The predicted molar refractivity (Wildman–Crippen MR) is 65.8 cm³/mol. The van der Waals surface area contributed by atoms with Crippen LogP contribution < -0.4 is 0 Å². The van der Waals surface area contributed by atoms with Gasteiger partial charge in [-0.3, -0.25) is 14.5 Å². The van der Waals surface area contributed by atoms with Gasteiger partial charge in [0, 0.05) is 4.88 Å². The van der Waals surface area contributed by atoms with Gasteiger partial charge >= 0.3 is 0 Å². The van der Waals surface area contributed by atoms with E-state index in [0.717, 1.165) is 21.5 Å². The highest BCUT2D eigenvalue weighted by molar-refractivity contribution is 8.18. The summed E-state index contributed by atoms with van der Waals surface area (Å²) in [5.74, 6) is 1.99. The summed E-state index contributed by atoms with van der Waals surface area (Å²) in [5.41, 5.74) is 0. The van der Waals surface area contributed by atoms with Crippen LogP contribution in [0.15, 0.2) is 22.4 Å². The Hall–Kier alpha value is -1.51. The largest absolute Gasteiger partial charge is 0.294 e. The first-order chi connectivity index (χ1) is 7.72. The molecule has 2 rings (SSSR count). The van der Waals surface area contributed by atoms with Crippen molar-refractivity contribution in [3.05, 3.63) is 27.3 Å². The fourth-order valence-electron chi connectivity index (χ4n) is 1.23. The van der Waals surface area contributed by atoms with Gasteiger partial charge in [-0.05, 0) is 29.3 Å². The SMILES string of the molecule is C#CCN1C(=O)SC(=Cc2cccs2)C1=O. The highest BCUT2D eigenvalue weighted by Crippen LogP contribution is 2.32. The molecule has 0 aliphatic carbocycles. The van der Waals surface area contributed by atoms with E-state index in [2.05, 4.69) is 5.92 Å². The molecule has 2 amide bonds. The number of rotatable bonds is 2. The van der Waals surface area contributed by atoms with Crippen LogP contribution in [0.1, 0.15) is 4.88 Å². The van der Waals surface area contributed by atoms with Gasteiger partial charge < -0.3 is 0 Å². The van der Waals surface area contributed by atoms with Crippen molar-refractivity contribution in [3.8, 4) is 12.3 Å². The third kappa shape index (κ3) is 2.03. The van der Waals surface area contributed by atoms with Crippen LogP contribution in [-0.2, 0) is 4.79 Å². The zero-order valence-electron chi connectivity index (χ0n) is 8.17. The molecule has 0 spiro atoms. The summed E-state index contributed by atoms with van der Waals surface area (Å²) in [5, 5.41) is 1.61. The van der Waals surface area contributed by atoms with Crippen molar-refractivity contribution in [1.82, 2.24) is 4.90 Å². The first-order valence-electron chi connectivity index (χ1n) is 4.44. The van der Waals surface area contributed by atoms with Gasteiger partial charge in [0.05, 0.1) is 11.4 Å². The molecule has 1 aliphatic rings. The standard InChI is InChI=1S/C11H7NO2S2/c1-2-5-12-10(13)9(16-11(12)14)7-8-4-3-6-15-8/h1,3-4,6-7H,5H2. The van der Waals surface area contributed by atoms with Gasteiger partial charge in [0.1, 0.15) is 0 Å². The van der Waals surface area contributed by atoms with Crippen molar-refractivity contribution in [2.24, 2.45) is 0 Å². The first-order valence-corrected chi connectivity index (χ1v) is 6.14. The molecule has 0 N–H and O–H groups in total. The molecule has 80 valence electrons. The van der Waals surface area contributed by atoms with Crippen LogP contribution in [0.4, 0.5) is 4.79 Å². The van der Waals surface area contributed by atoms with Gasteiger partial charge in [0.2, 0.25) is 0 Å². The molecule has 1 fully saturated rings. The van der Waals surface area contributed by atoms with Crippen molar-refractivity contribution in [3.63, 3.8) is 0 Å². The molecule has 5 heteroatoms. The average Bonchev–Trinajstić information content (AvgIpc) is 2.84. The molecule has 0 unspecified atom stereocenters. The number of terminal acetylenes is 1. The molecule has 0 bridgehead atoms. The molecule has 1 aliphatic heterocycles. The normalized spacial score (nSPS) is 18.2. The van der Waals surface area contributed by atoms with Crippen molar-refractivity contribution in [1.29, 1.82) is 0 Å². The second-order valence-corrected chi connectivity index (χ2v) is 4.96. The minimum Gasteiger partial charge on any atom is -0.268 e. The van der Waals surface area contributed by atoms with Crippen molar-refractivity contribution < 1.29 is 9.59 Å². The Balaban J connectivity index is 2.24. The average molecular weight is 249 g/mol. The highest BCUT2D eigenvalue weighted by atomic mass is 32.2. The number of imide groups is 1. The molecule has 16 heavy (non-hydrogen) atoms. The summed E-state index contributed by atoms with van der Waals surface area (Å²) in [6.07, 6.45) is 6.81. The maximum atomic E-state index is 11.8. The number of hydrogen-bond acceptors (Lipinski definition) is 4. The molecular formula is C11H7NO2S2. The van der Waals surface area contributed by atoms with Crippen molar-refractivity contribution in [2.75, 3.05) is 6.54 Å². The number of nitrogens with zero attached hydrogens (tertiary/aromatic N) is 1. The number of thioether (sulfide) groups is 1. The molecule has 1 aromatic rings. The summed E-state index contributed by atoms with van der Waals surface area (Å²) < 4.78 is 0. The van der Waals surface area contributed by atoms with Gasteiger partial charge in [0.15, 0.2) is 0 Å². The zero-order valence-corrected chi connectivity index (χ0v) is 9.81. The zero-order chi connectivity index (χ0) is 11.5. The topological polar surface area (TPSA) is 37.4 Å². The molecule has 2 heterocycles. The van der Waals surface area contributed by atoms with Crippen LogP contribution in [-0.4, -0.2) is 22.6 Å². The first kappa shape index (κ1) is 11.0. The third-order valence-corrected chi connectivity index (χ3v) is 3.67. The van der Waals surface area contributed by atoms with E-state index in [1.165, 1.54) is 11.3 Å². The summed E-state index contributed by atoms with van der Waals surface area (Å²) in [6, 6.07) is 3.78. The highest BCUT2D eigenvalue weighted by Gasteiger charge is 2.34. The molecule has 0 saturated carbocycles. The Morgan fingerprint density at radius 3 is 2.94 bits per heavy atom. The van der Waals surface area contributed by atoms with Crippen molar-refractivity contribution in [2.45, 2.75) is 0 Å². The molecular weight excluding hydrogens is 242 g/mol. The predicted octanol–water partition coefficient (Wildman–Crippen LogP) is 2.42.